The van der Waals surface area contributed by atoms with Crippen LogP contribution in [-0.4, -0.2) is 66.0 Å². The van der Waals surface area contributed by atoms with Crippen LogP contribution in [0, 0.1) is 0 Å². The predicted molar refractivity (Wildman–Crippen MR) is 73.2 cm³/mol. The standard InChI is InChI=1S/C13H21N3O4/c1-15(2)13(7-4-8-13)9-16(3)12(20)14-10(17)5-6-11(18)19/h5-6H,4,7-9H2,1-3H3,(H,18,19)(H,14,17,20)/b6-5+. The first-order valence-electron chi connectivity index (χ1n) is 6.41. The van der Waals surface area contributed by atoms with E-state index in [0.29, 0.717) is 12.6 Å². The van der Waals surface area contributed by atoms with Crippen LogP contribution in [0.15, 0.2) is 12.2 Å². The highest BCUT2D eigenvalue weighted by Crippen LogP contribution is 2.36. The van der Waals surface area contributed by atoms with Gasteiger partial charge in [-0.25, -0.2) is 9.59 Å². The molecule has 0 aliphatic heterocycles. The molecule has 1 aliphatic rings. The predicted octanol–water partition coefficient (Wildman–Crippen LogP) is 0.279. The molecule has 0 spiro atoms. The van der Waals surface area contributed by atoms with Crippen molar-refractivity contribution in [2.75, 3.05) is 27.7 Å². The molecule has 7 heteroatoms. The van der Waals surface area contributed by atoms with E-state index in [-0.39, 0.29) is 5.54 Å². The van der Waals surface area contributed by atoms with Crippen molar-refractivity contribution in [3.05, 3.63) is 12.2 Å². The van der Waals surface area contributed by atoms with E-state index in [4.69, 9.17) is 5.11 Å². The van der Waals surface area contributed by atoms with Crippen molar-refractivity contribution in [1.29, 1.82) is 0 Å². The number of amides is 3. The molecule has 1 saturated carbocycles. The lowest BCUT2D eigenvalue weighted by Crippen LogP contribution is -2.58. The molecular weight excluding hydrogens is 262 g/mol. The molecule has 1 fully saturated rings. The molecule has 0 bridgehead atoms. The summed E-state index contributed by atoms with van der Waals surface area (Å²) in [6, 6.07) is -0.529. The van der Waals surface area contributed by atoms with Gasteiger partial charge in [0.15, 0.2) is 0 Å². The van der Waals surface area contributed by atoms with Crippen LogP contribution in [-0.2, 0) is 9.59 Å². The Kier molecular flexibility index (Phi) is 5.26. The molecule has 2 N–H and O–H groups in total. The SMILES string of the molecule is CN(CC1(N(C)C)CCC1)C(=O)NC(=O)/C=C/C(=O)O. The number of carboxylic acids is 1. The Labute approximate surface area is 118 Å². The second-order valence-corrected chi connectivity index (χ2v) is 5.29. The summed E-state index contributed by atoms with van der Waals surface area (Å²) in [6.45, 7) is 0.530. The maximum absolute atomic E-state index is 11.8. The van der Waals surface area contributed by atoms with E-state index in [2.05, 4.69) is 10.2 Å². The highest BCUT2D eigenvalue weighted by molar-refractivity contribution is 6.02. The van der Waals surface area contributed by atoms with E-state index in [9.17, 15) is 14.4 Å². The van der Waals surface area contributed by atoms with E-state index in [1.807, 2.05) is 14.1 Å². The quantitative estimate of drug-likeness (QED) is 0.707. The maximum atomic E-state index is 11.8. The van der Waals surface area contributed by atoms with Gasteiger partial charge in [0.1, 0.15) is 0 Å². The molecule has 0 atom stereocenters. The molecule has 1 aliphatic carbocycles. The first kappa shape index (κ1) is 16.2. The van der Waals surface area contributed by atoms with Gasteiger partial charge in [0.05, 0.1) is 0 Å². The van der Waals surface area contributed by atoms with Crippen LogP contribution in [0.2, 0.25) is 0 Å². The van der Waals surface area contributed by atoms with Crippen LogP contribution >= 0.6 is 0 Å². The second kappa shape index (κ2) is 6.51. The fraction of sp³-hybridized carbons (Fsp3) is 0.615. The first-order valence-corrected chi connectivity index (χ1v) is 6.41. The van der Waals surface area contributed by atoms with Gasteiger partial charge >= 0.3 is 12.0 Å². The Bertz CT molecular complexity index is 427. The Morgan fingerprint density at radius 2 is 1.80 bits per heavy atom. The van der Waals surface area contributed by atoms with Crippen LogP contribution in [0.5, 0.6) is 0 Å². The summed E-state index contributed by atoms with van der Waals surface area (Å²) < 4.78 is 0. The number of carbonyl (C=O) groups excluding carboxylic acids is 2. The highest BCUT2D eigenvalue weighted by atomic mass is 16.4. The van der Waals surface area contributed by atoms with Gasteiger partial charge in [-0.15, -0.1) is 0 Å². The number of carboxylic acid groups (broad SMARTS) is 1. The number of nitrogens with one attached hydrogen (secondary N) is 1. The van der Waals surface area contributed by atoms with Crippen molar-refractivity contribution in [2.45, 2.75) is 24.8 Å². The molecule has 1 rings (SSSR count). The van der Waals surface area contributed by atoms with E-state index in [0.717, 1.165) is 25.3 Å². The summed E-state index contributed by atoms with van der Waals surface area (Å²) in [5, 5.41) is 10.5. The van der Waals surface area contributed by atoms with E-state index in [1.54, 1.807) is 7.05 Å². The van der Waals surface area contributed by atoms with Crippen molar-refractivity contribution in [3.8, 4) is 0 Å². The van der Waals surface area contributed by atoms with Gasteiger partial charge in [0.25, 0.3) is 5.91 Å². The largest absolute Gasteiger partial charge is 0.478 e. The Hall–Kier alpha value is -1.89. The Balaban J connectivity index is 2.51. The minimum Gasteiger partial charge on any atom is -0.478 e. The molecule has 0 radical (unpaired) electrons. The number of imide groups is 1. The smallest absolute Gasteiger partial charge is 0.328 e. The zero-order valence-corrected chi connectivity index (χ0v) is 12.0. The summed E-state index contributed by atoms with van der Waals surface area (Å²) >= 11 is 0. The van der Waals surface area contributed by atoms with Gasteiger partial charge in [-0.3, -0.25) is 10.1 Å². The van der Waals surface area contributed by atoms with Gasteiger partial charge in [0.2, 0.25) is 0 Å². The third-order valence-corrected chi connectivity index (χ3v) is 3.72. The Morgan fingerprint density at radius 3 is 2.20 bits per heavy atom. The molecular formula is C13H21N3O4. The number of carbonyl (C=O) groups is 3. The van der Waals surface area contributed by atoms with Gasteiger partial charge in [0, 0.05) is 31.3 Å². The fourth-order valence-corrected chi connectivity index (χ4v) is 2.23. The number of rotatable bonds is 5. The molecule has 112 valence electrons. The van der Waals surface area contributed by atoms with Crippen molar-refractivity contribution < 1.29 is 19.5 Å². The van der Waals surface area contributed by atoms with Crippen LogP contribution in [0.4, 0.5) is 4.79 Å². The summed E-state index contributed by atoms with van der Waals surface area (Å²) in [6.07, 6.45) is 4.68. The molecule has 0 unspecified atom stereocenters. The van der Waals surface area contributed by atoms with Gasteiger partial charge in [-0.2, -0.15) is 0 Å². The molecule has 0 heterocycles. The lowest BCUT2D eigenvalue weighted by atomic mass is 9.75. The number of nitrogens with zero attached hydrogens (tertiary/aromatic N) is 2. The van der Waals surface area contributed by atoms with Crippen LogP contribution in [0.1, 0.15) is 19.3 Å². The minimum absolute atomic E-state index is 0.0218. The first-order chi connectivity index (χ1) is 9.27. The molecule has 0 aromatic carbocycles. The number of hydrogen-bond acceptors (Lipinski definition) is 4. The van der Waals surface area contributed by atoms with Crippen molar-refractivity contribution in [3.63, 3.8) is 0 Å². The summed E-state index contributed by atoms with van der Waals surface area (Å²) in [4.78, 5) is 37.0. The number of hydrogen-bond donors (Lipinski definition) is 2. The summed E-state index contributed by atoms with van der Waals surface area (Å²) in [7, 11) is 5.57. The molecule has 0 aromatic heterocycles. The summed E-state index contributed by atoms with van der Waals surface area (Å²) in [5.74, 6) is -1.97. The number of urea groups is 1. The molecule has 7 nitrogen and oxygen atoms in total. The monoisotopic (exact) mass is 283 g/mol. The normalized spacial score (nSPS) is 16.8. The van der Waals surface area contributed by atoms with E-state index >= 15 is 0 Å². The van der Waals surface area contributed by atoms with Crippen LogP contribution < -0.4 is 5.32 Å². The molecule has 3 amide bonds. The molecule has 0 aromatic rings. The molecule has 0 saturated heterocycles. The molecule has 20 heavy (non-hydrogen) atoms. The van der Waals surface area contributed by atoms with Crippen molar-refractivity contribution in [1.82, 2.24) is 15.1 Å². The zero-order chi connectivity index (χ0) is 15.3. The van der Waals surface area contributed by atoms with Crippen molar-refractivity contribution >= 4 is 17.9 Å². The topological polar surface area (TPSA) is 90.0 Å². The van der Waals surface area contributed by atoms with Gasteiger partial charge in [-0.1, -0.05) is 0 Å². The lowest BCUT2D eigenvalue weighted by Gasteiger charge is -2.49. The van der Waals surface area contributed by atoms with Crippen LogP contribution in [0.25, 0.3) is 0 Å². The second-order valence-electron chi connectivity index (χ2n) is 5.29. The van der Waals surface area contributed by atoms with E-state index < -0.39 is 17.9 Å². The lowest BCUT2D eigenvalue weighted by molar-refractivity contribution is -0.131. The minimum atomic E-state index is -1.23. The maximum Gasteiger partial charge on any atom is 0.328 e. The van der Waals surface area contributed by atoms with Gasteiger partial charge < -0.3 is 14.9 Å². The average molecular weight is 283 g/mol. The zero-order valence-electron chi connectivity index (χ0n) is 12.0. The Morgan fingerprint density at radius 1 is 1.20 bits per heavy atom. The third-order valence-electron chi connectivity index (χ3n) is 3.72. The van der Waals surface area contributed by atoms with Crippen molar-refractivity contribution in [2.24, 2.45) is 0 Å². The number of aliphatic carboxylic acids is 1. The average Bonchev–Trinajstić information content (AvgIpc) is 2.30. The van der Waals surface area contributed by atoms with E-state index in [1.165, 1.54) is 4.90 Å². The summed E-state index contributed by atoms with van der Waals surface area (Å²) in [5.41, 5.74) is -0.0218. The third kappa shape index (κ3) is 4.06. The van der Waals surface area contributed by atoms with Gasteiger partial charge in [-0.05, 0) is 33.4 Å². The highest BCUT2D eigenvalue weighted by Gasteiger charge is 2.40. The number of likely N-dealkylation sites (N-methyl/N-ethyl adjacent to an activating group) is 2. The van der Waals surface area contributed by atoms with Crippen LogP contribution in [0.3, 0.4) is 0 Å². The fourth-order valence-electron chi connectivity index (χ4n) is 2.23.